The van der Waals surface area contributed by atoms with Crippen LogP contribution in [0.2, 0.25) is 0 Å². The minimum Gasteiger partial charge on any atom is -0.376 e. The van der Waals surface area contributed by atoms with Crippen LogP contribution in [0.4, 0.5) is 10.3 Å². The van der Waals surface area contributed by atoms with E-state index < -0.39 is 17.1 Å². The molecule has 176 valence electrons. The molecule has 32 heavy (non-hydrogen) atoms. The highest BCUT2D eigenvalue weighted by atomic mass is 32.2. The van der Waals surface area contributed by atoms with Gasteiger partial charge in [0.15, 0.2) is 5.82 Å². The van der Waals surface area contributed by atoms with E-state index in [0.29, 0.717) is 25.0 Å². The Morgan fingerprint density at radius 1 is 1.28 bits per heavy atom. The first-order chi connectivity index (χ1) is 15.4. The van der Waals surface area contributed by atoms with Crippen LogP contribution in [-0.4, -0.2) is 60.9 Å². The standard InChI is InChI=1S/C21H31FN6O3S/c1-14(2)19-9-17-4-3-15(10-25-32(29)30)20(28(17)26-19)13-31-18-5-7-27(8-6-18)21-23-11-16(22)12-24-21/h9,11-12,14-15,18,20,25H,3-8,10,13H2,1-2H3,(H,29,30). The molecule has 1 saturated heterocycles. The molecule has 0 saturated carbocycles. The summed E-state index contributed by atoms with van der Waals surface area (Å²) in [5, 5.41) is 4.85. The van der Waals surface area contributed by atoms with Gasteiger partial charge >= 0.3 is 0 Å². The number of rotatable bonds is 8. The van der Waals surface area contributed by atoms with Crippen molar-refractivity contribution in [3.63, 3.8) is 0 Å². The molecule has 2 aliphatic heterocycles. The highest BCUT2D eigenvalue weighted by molar-refractivity contribution is 7.77. The lowest BCUT2D eigenvalue weighted by Crippen LogP contribution is -2.41. The van der Waals surface area contributed by atoms with Crippen LogP contribution in [0.1, 0.15) is 56.5 Å². The van der Waals surface area contributed by atoms with Crippen molar-refractivity contribution >= 4 is 17.2 Å². The molecule has 2 N–H and O–H groups in total. The summed E-state index contributed by atoms with van der Waals surface area (Å²) in [6.07, 6.45) is 5.97. The quantitative estimate of drug-likeness (QED) is 0.576. The largest absolute Gasteiger partial charge is 0.376 e. The van der Waals surface area contributed by atoms with Crippen LogP contribution in [0.15, 0.2) is 18.5 Å². The lowest BCUT2D eigenvalue weighted by Gasteiger charge is -2.36. The lowest BCUT2D eigenvalue weighted by atomic mass is 9.90. The van der Waals surface area contributed by atoms with E-state index >= 15 is 0 Å². The van der Waals surface area contributed by atoms with Gasteiger partial charge in [0.2, 0.25) is 17.2 Å². The molecule has 1 fully saturated rings. The van der Waals surface area contributed by atoms with Gasteiger partial charge in [0, 0.05) is 25.3 Å². The van der Waals surface area contributed by atoms with Crippen molar-refractivity contribution in [1.82, 2.24) is 24.5 Å². The van der Waals surface area contributed by atoms with Crippen molar-refractivity contribution in [2.75, 3.05) is 31.1 Å². The van der Waals surface area contributed by atoms with Crippen molar-refractivity contribution < 1.29 is 17.9 Å². The average molecular weight is 467 g/mol. The second kappa shape index (κ2) is 10.3. The molecule has 9 nitrogen and oxygen atoms in total. The monoisotopic (exact) mass is 466 g/mol. The summed E-state index contributed by atoms with van der Waals surface area (Å²) in [4.78, 5) is 10.2. The van der Waals surface area contributed by atoms with Gasteiger partial charge in [-0.15, -0.1) is 0 Å². The molecule has 0 aliphatic carbocycles. The maximum Gasteiger partial charge on any atom is 0.231 e. The third-order valence-electron chi connectivity index (χ3n) is 6.36. The molecule has 0 spiro atoms. The van der Waals surface area contributed by atoms with Gasteiger partial charge in [0.25, 0.3) is 0 Å². The number of ether oxygens (including phenoxy) is 1. The number of piperidine rings is 1. The molecular formula is C21H31FN6O3S. The van der Waals surface area contributed by atoms with Crippen LogP contribution < -0.4 is 9.62 Å². The van der Waals surface area contributed by atoms with E-state index in [0.717, 1.165) is 44.5 Å². The fourth-order valence-corrected chi connectivity index (χ4v) is 4.84. The third kappa shape index (κ3) is 5.51. The van der Waals surface area contributed by atoms with E-state index in [2.05, 4.69) is 39.3 Å². The Morgan fingerprint density at radius 2 is 2.00 bits per heavy atom. The number of aromatic nitrogens is 4. The number of hydrogen-bond acceptors (Lipinski definition) is 6. The molecule has 3 unspecified atom stereocenters. The van der Waals surface area contributed by atoms with Gasteiger partial charge in [-0.25, -0.2) is 23.3 Å². The molecule has 2 aliphatic rings. The van der Waals surface area contributed by atoms with Crippen molar-refractivity contribution in [3.05, 3.63) is 35.7 Å². The van der Waals surface area contributed by atoms with E-state index in [9.17, 15) is 13.2 Å². The van der Waals surface area contributed by atoms with Gasteiger partial charge < -0.3 is 9.64 Å². The number of hydrogen-bond donors (Lipinski definition) is 2. The number of nitrogens with one attached hydrogen (secondary N) is 1. The number of aryl methyl sites for hydroxylation is 1. The Bertz CT molecular complexity index is 917. The van der Waals surface area contributed by atoms with E-state index in [1.165, 1.54) is 18.1 Å². The highest BCUT2D eigenvalue weighted by Crippen LogP contribution is 2.33. The van der Waals surface area contributed by atoms with E-state index in [1.807, 2.05) is 4.90 Å². The summed E-state index contributed by atoms with van der Waals surface area (Å²) >= 11 is -2.04. The fourth-order valence-electron chi connectivity index (χ4n) is 4.48. The molecule has 11 heteroatoms. The molecule has 2 aromatic heterocycles. The molecule has 2 aromatic rings. The van der Waals surface area contributed by atoms with E-state index in [1.54, 1.807) is 0 Å². The average Bonchev–Trinajstić information content (AvgIpc) is 3.22. The second-order valence-corrected chi connectivity index (χ2v) is 9.63. The topological polar surface area (TPSA) is 105 Å². The molecule has 3 atom stereocenters. The van der Waals surface area contributed by atoms with Crippen LogP contribution in [0.3, 0.4) is 0 Å². The Hall–Kier alpha value is -1.95. The van der Waals surface area contributed by atoms with Gasteiger partial charge in [0.1, 0.15) is 0 Å². The fraction of sp³-hybridized carbons (Fsp3) is 0.667. The summed E-state index contributed by atoms with van der Waals surface area (Å²) in [6, 6.07) is 2.19. The zero-order chi connectivity index (χ0) is 22.7. The zero-order valence-corrected chi connectivity index (χ0v) is 19.3. The molecule has 0 aromatic carbocycles. The Labute approximate surface area is 190 Å². The van der Waals surface area contributed by atoms with Gasteiger partial charge in [-0.3, -0.25) is 9.23 Å². The van der Waals surface area contributed by atoms with Crippen LogP contribution in [0.5, 0.6) is 0 Å². The molecule has 0 radical (unpaired) electrons. The first-order valence-corrected chi connectivity index (χ1v) is 12.3. The number of nitrogens with zero attached hydrogens (tertiary/aromatic N) is 5. The number of halogens is 1. The first kappa shape index (κ1) is 23.2. The third-order valence-corrected chi connectivity index (χ3v) is 6.77. The SMILES string of the molecule is CC(C)c1cc2n(n1)C(COC1CCN(c3ncc(F)cn3)CC1)C(CNS(=O)O)CC2. The maximum atomic E-state index is 13.1. The van der Waals surface area contributed by atoms with Gasteiger partial charge in [-0.2, -0.15) is 5.10 Å². The van der Waals surface area contributed by atoms with Crippen molar-refractivity contribution in [2.45, 2.75) is 57.6 Å². The maximum absolute atomic E-state index is 13.1. The molecule has 0 amide bonds. The summed E-state index contributed by atoms with van der Waals surface area (Å²) in [7, 11) is 0. The van der Waals surface area contributed by atoms with Crippen LogP contribution >= 0.6 is 0 Å². The van der Waals surface area contributed by atoms with Crippen molar-refractivity contribution in [3.8, 4) is 0 Å². The van der Waals surface area contributed by atoms with Crippen LogP contribution in [0.25, 0.3) is 0 Å². The summed E-state index contributed by atoms with van der Waals surface area (Å²) in [5.74, 6) is 0.607. The normalized spacial score (nSPS) is 22.8. The lowest BCUT2D eigenvalue weighted by molar-refractivity contribution is -0.000934. The molecular weight excluding hydrogens is 435 g/mol. The molecule has 4 rings (SSSR count). The number of anilines is 1. The molecule has 4 heterocycles. The summed E-state index contributed by atoms with van der Waals surface area (Å²) in [6.45, 7) is 6.71. The minimum absolute atomic E-state index is 0.0146. The van der Waals surface area contributed by atoms with Crippen molar-refractivity contribution in [1.29, 1.82) is 0 Å². The van der Waals surface area contributed by atoms with Gasteiger partial charge in [-0.05, 0) is 43.6 Å². The second-order valence-electron chi connectivity index (χ2n) is 8.84. The van der Waals surface area contributed by atoms with Crippen molar-refractivity contribution in [2.24, 2.45) is 5.92 Å². The van der Waals surface area contributed by atoms with E-state index in [4.69, 9.17) is 9.84 Å². The highest BCUT2D eigenvalue weighted by Gasteiger charge is 2.33. The predicted molar refractivity (Wildman–Crippen MR) is 119 cm³/mol. The van der Waals surface area contributed by atoms with Crippen LogP contribution in [0, 0.1) is 11.7 Å². The first-order valence-electron chi connectivity index (χ1n) is 11.2. The molecule has 0 bridgehead atoms. The van der Waals surface area contributed by atoms with E-state index in [-0.39, 0.29) is 18.1 Å². The summed E-state index contributed by atoms with van der Waals surface area (Å²) in [5.41, 5.74) is 2.27. The smallest absolute Gasteiger partial charge is 0.231 e. The number of fused-ring (bicyclic) bond motifs is 1. The minimum atomic E-state index is -2.04. The Balaban J connectivity index is 1.38. The summed E-state index contributed by atoms with van der Waals surface area (Å²) < 4.78 is 44.5. The Morgan fingerprint density at radius 3 is 2.66 bits per heavy atom. The Kier molecular flexibility index (Phi) is 7.49. The van der Waals surface area contributed by atoms with Gasteiger partial charge in [0.05, 0.1) is 36.8 Å². The predicted octanol–water partition coefficient (Wildman–Crippen LogP) is 2.45. The van der Waals surface area contributed by atoms with Gasteiger partial charge in [-0.1, -0.05) is 13.8 Å². The van der Waals surface area contributed by atoms with Crippen LogP contribution in [-0.2, 0) is 22.4 Å². The zero-order valence-electron chi connectivity index (χ0n) is 18.5.